The quantitative estimate of drug-likeness (QED) is 0.364. The number of rotatable bonds is 4. The molecule has 10 aliphatic heterocycles. The van der Waals surface area contributed by atoms with Crippen LogP contribution in [-0.4, -0.2) is 126 Å². The highest BCUT2D eigenvalue weighted by atomic mass is 16.8. The van der Waals surface area contributed by atoms with Crippen LogP contribution in [0.5, 0.6) is 0 Å². The lowest BCUT2D eigenvalue weighted by molar-refractivity contribution is -0.292. The fraction of sp³-hybridized carbons (Fsp3) is 0.875. The molecule has 0 aromatic carbocycles. The number of fused-ring (bicyclic) bond motifs is 6. The van der Waals surface area contributed by atoms with Gasteiger partial charge in [-0.25, -0.2) is 0 Å². The Labute approximate surface area is 307 Å². The summed E-state index contributed by atoms with van der Waals surface area (Å²) in [6.07, 6.45) is 4.73. The van der Waals surface area contributed by atoms with Crippen LogP contribution in [0.25, 0.3) is 0 Å². The van der Waals surface area contributed by atoms with Crippen molar-refractivity contribution in [1.82, 2.24) is 0 Å². The molecule has 19 atom stereocenters. The van der Waals surface area contributed by atoms with Gasteiger partial charge in [0.15, 0.2) is 5.79 Å². The van der Waals surface area contributed by atoms with E-state index in [2.05, 4.69) is 20.1 Å². The third-order valence-corrected chi connectivity index (χ3v) is 14.2. The van der Waals surface area contributed by atoms with E-state index in [1.807, 2.05) is 0 Å². The summed E-state index contributed by atoms with van der Waals surface area (Å²) in [5, 5.41) is 21.2. The molecule has 52 heavy (non-hydrogen) atoms. The highest BCUT2D eigenvalue weighted by molar-refractivity contribution is 5.79. The van der Waals surface area contributed by atoms with E-state index in [4.69, 9.17) is 43.6 Å². The first kappa shape index (κ1) is 36.4. The summed E-state index contributed by atoms with van der Waals surface area (Å²) in [5.41, 5.74) is 7.96. The predicted octanol–water partition coefficient (Wildman–Crippen LogP) is 3.03. The number of aliphatic hydroxyl groups is 2. The molecular formula is C40H59NO11. The van der Waals surface area contributed by atoms with E-state index in [1.165, 1.54) is 0 Å². The third kappa shape index (κ3) is 6.59. The molecule has 0 saturated carbocycles. The van der Waals surface area contributed by atoms with Gasteiger partial charge in [0.2, 0.25) is 0 Å². The first-order valence-corrected chi connectivity index (χ1v) is 20.3. The van der Waals surface area contributed by atoms with Crippen molar-refractivity contribution in [2.45, 2.75) is 188 Å². The Kier molecular flexibility index (Phi) is 10.0. The van der Waals surface area contributed by atoms with Crippen LogP contribution in [0.3, 0.4) is 0 Å². The first-order chi connectivity index (χ1) is 25.1. The second-order valence-electron chi connectivity index (χ2n) is 17.6. The molecule has 1 spiro atoms. The fourth-order valence-electron chi connectivity index (χ4n) is 11.4. The van der Waals surface area contributed by atoms with Crippen molar-refractivity contribution in [2.24, 2.45) is 23.5 Å². The minimum Gasteiger partial charge on any atom is -0.396 e. The largest absolute Gasteiger partial charge is 0.396 e. The zero-order valence-corrected chi connectivity index (χ0v) is 30.6. The second-order valence-corrected chi connectivity index (χ2v) is 17.6. The minimum absolute atomic E-state index is 0.0270. The Hall–Kier alpha value is -1.29. The molecule has 12 heteroatoms. The summed E-state index contributed by atoms with van der Waals surface area (Å²) in [5.74, 6) is -1.03. The second kappa shape index (κ2) is 14.3. The maximum absolute atomic E-state index is 14.0. The van der Waals surface area contributed by atoms with Gasteiger partial charge in [-0.1, -0.05) is 20.1 Å². The van der Waals surface area contributed by atoms with Crippen molar-refractivity contribution in [2.75, 3.05) is 13.2 Å². The molecule has 0 amide bonds. The van der Waals surface area contributed by atoms with E-state index in [9.17, 15) is 15.0 Å². The molecule has 10 rings (SSSR count). The Balaban J connectivity index is 0.994. The molecule has 10 aliphatic rings. The summed E-state index contributed by atoms with van der Waals surface area (Å²) in [7, 11) is 0. The van der Waals surface area contributed by atoms with Crippen LogP contribution in [0.1, 0.15) is 90.4 Å². The van der Waals surface area contributed by atoms with Crippen molar-refractivity contribution in [3.8, 4) is 0 Å². The standard InChI is InChI=1S/C40H59NO11/c1-19-10-24-4-6-29-20(2)11-26(45-29)8-9-40-16-34-36(51-40)37-38(50-34)39(52-40)35-30(49-37)7-5-25(47-35)12-22(43)13-27-28(18-42)32(14-23(44)17-41)48-33(27)15-31(46-24)21(19)3/h19,23-39,42,44H,2-18,41H2,1H3/t19-,23+,24?,25?,26?,27-,28-,29+,30+,31-,32-,33?,34-,35+,36?,37+,38-,39+,40+/m1/s1. The fourth-order valence-corrected chi connectivity index (χ4v) is 11.4. The molecule has 5 unspecified atom stereocenters. The number of nitrogens with two attached hydrogens (primary N) is 1. The number of ketones is 1. The summed E-state index contributed by atoms with van der Waals surface area (Å²) in [6, 6.07) is 0. The monoisotopic (exact) mass is 729 g/mol. The maximum Gasteiger partial charge on any atom is 0.172 e. The summed E-state index contributed by atoms with van der Waals surface area (Å²) in [6.45, 7) is 11.0. The SMILES string of the molecule is C=C1CC2CC[C@@]34C[C@H]5O[C@H]6[C@@H](O3)[C@H]3OC(CC[C@@H]3O[C@H]6C5O4)CC(=O)C[C@H]3C(C[C@H]4OC(CC[C@@H]1O2)C[C@@H](C)C4=C)O[C@H](C[C@H](O)CN)[C@@H]3CO. The van der Waals surface area contributed by atoms with Gasteiger partial charge in [-0.2, -0.15) is 0 Å². The molecule has 12 nitrogen and oxygen atoms in total. The van der Waals surface area contributed by atoms with E-state index in [1.54, 1.807) is 0 Å². The smallest absolute Gasteiger partial charge is 0.172 e. The number of carbonyl (C=O) groups excluding carboxylic acids is 1. The van der Waals surface area contributed by atoms with Gasteiger partial charge in [-0.15, -0.1) is 0 Å². The zero-order valence-electron chi connectivity index (χ0n) is 30.6. The number of Topliss-reactive ketones (excluding diaryl/α,β-unsaturated/α-hetero) is 1. The van der Waals surface area contributed by atoms with Crippen LogP contribution in [-0.2, 0) is 42.7 Å². The number of aliphatic hydroxyl groups excluding tert-OH is 2. The lowest BCUT2D eigenvalue weighted by atomic mass is 9.78. The lowest BCUT2D eigenvalue weighted by Crippen LogP contribution is -2.61. The van der Waals surface area contributed by atoms with Crippen LogP contribution >= 0.6 is 0 Å². The topological polar surface area (TPSA) is 157 Å². The highest BCUT2D eigenvalue weighted by Gasteiger charge is 2.68. The van der Waals surface area contributed by atoms with Crippen molar-refractivity contribution >= 4 is 5.78 Å². The number of hydrogen-bond donors (Lipinski definition) is 3. The number of carbonyl (C=O) groups is 1. The van der Waals surface area contributed by atoms with Crippen molar-refractivity contribution < 1.29 is 52.9 Å². The Morgan fingerprint density at radius 2 is 1.54 bits per heavy atom. The molecule has 290 valence electrons. The Bertz CT molecular complexity index is 1380. The van der Waals surface area contributed by atoms with Crippen LogP contribution < -0.4 is 5.73 Å². The van der Waals surface area contributed by atoms with Gasteiger partial charge in [0.25, 0.3) is 0 Å². The van der Waals surface area contributed by atoms with Crippen LogP contribution in [0.2, 0.25) is 0 Å². The molecular weight excluding hydrogens is 670 g/mol. The highest BCUT2D eigenvalue weighted by Crippen LogP contribution is 2.54. The predicted molar refractivity (Wildman–Crippen MR) is 186 cm³/mol. The van der Waals surface area contributed by atoms with Gasteiger partial charge >= 0.3 is 0 Å². The van der Waals surface area contributed by atoms with Crippen LogP contribution in [0.4, 0.5) is 0 Å². The number of ether oxygens (including phenoxy) is 8. The Morgan fingerprint density at radius 3 is 2.37 bits per heavy atom. The normalized spacial score (nSPS) is 52.4. The van der Waals surface area contributed by atoms with Gasteiger partial charge in [0, 0.05) is 57.6 Å². The van der Waals surface area contributed by atoms with Gasteiger partial charge in [-0.3, -0.25) is 4.79 Å². The van der Waals surface area contributed by atoms with Gasteiger partial charge < -0.3 is 53.8 Å². The average molecular weight is 730 g/mol. The molecule has 12 bridgehead atoms. The Morgan fingerprint density at radius 1 is 0.788 bits per heavy atom. The van der Waals surface area contributed by atoms with Gasteiger partial charge in [0.05, 0.1) is 61.0 Å². The van der Waals surface area contributed by atoms with E-state index in [0.717, 1.165) is 49.7 Å². The van der Waals surface area contributed by atoms with E-state index < -0.39 is 18.0 Å². The summed E-state index contributed by atoms with van der Waals surface area (Å²) < 4.78 is 53.8. The maximum atomic E-state index is 14.0. The first-order valence-electron chi connectivity index (χ1n) is 20.3. The molecule has 0 aromatic heterocycles. The van der Waals surface area contributed by atoms with Gasteiger partial charge in [-0.05, 0) is 67.9 Å². The van der Waals surface area contributed by atoms with Crippen LogP contribution in [0.15, 0.2) is 24.3 Å². The lowest BCUT2D eigenvalue weighted by Gasteiger charge is -2.47. The molecule has 0 radical (unpaired) electrons. The average Bonchev–Trinajstić information content (AvgIpc) is 3.79. The van der Waals surface area contributed by atoms with Crippen molar-refractivity contribution in [3.63, 3.8) is 0 Å². The summed E-state index contributed by atoms with van der Waals surface area (Å²) in [4.78, 5) is 14.0. The molecule has 0 aromatic rings. The minimum atomic E-state index is -0.790. The van der Waals surface area contributed by atoms with E-state index in [0.29, 0.717) is 32.1 Å². The van der Waals surface area contributed by atoms with E-state index >= 15 is 0 Å². The van der Waals surface area contributed by atoms with Gasteiger partial charge in [0.1, 0.15) is 36.3 Å². The molecule has 10 heterocycles. The summed E-state index contributed by atoms with van der Waals surface area (Å²) >= 11 is 0. The third-order valence-electron chi connectivity index (χ3n) is 14.2. The molecule has 0 aliphatic carbocycles. The molecule has 10 fully saturated rings. The zero-order chi connectivity index (χ0) is 35.9. The molecule has 10 saturated heterocycles. The molecule has 4 N–H and O–H groups in total. The van der Waals surface area contributed by atoms with Crippen molar-refractivity contribution in [1.29, 1.82) is 0 Å². The van der Waals surface area contributed by atoms with E-state index in [-0.39, 0.29) is 129 Å². The van der Waals surface area contributed by atoms with Crippen LogP contribution in [0, 0.1) is 17.8 Å². The van der Waals surface area contributed by atoms with Crippen molar-refractivity contribution in [3.05, 3.63) is 24.3 Å². The number of hydrogen-bond acceptors (Lipinski definition) is 12.